The van der Waals surface area contributed by atoms with Crippen molar-refractivity contribution in [1.82, 2.24) is 0 Å². The lowest BCUT2D eigenvalue weighted by Gasteiger charge is -2.50. The van der Waals surface area contributed by atoms with Gasteiger partial charge in [0, 0.05) is 0 Å². The Labute approximate surface area is 192 Å². The highest BCUT2D eigenvalue weighted by Crippen LogP contribution is 2.51. The van der Waals surface area contributed by atoms with E-state index in [1.54, 1.807) is 0 Å². The van der Waals surface area contributed by atoms with Crippen LogP contribution < -0.4 is 0 Å². The molecule has 0 aromatic carbocycles. The lowest BCUT2D eigenvalue weighted by Crippen LogP contribution is -2.49. The van der Waals surface area contributed by atoms with E-state index in [1.165, 1.54) is 103 Å². The summed E-state index contributed by atoms with van der Waals surface area (Å²) in [5, 5.41) is 12.4. The molecule has 1 atom stereocenters. The molecule has 0 saturated heterocycles. The van der Waals surface area contributed by atoms with Crippen LogP contribution in [0.4, 0.5) is 0 Å². The van der Waals surface area contributed by atoms with E-state index in [4.69, 9.17) is 0 Å². The molecule has 0 radical (unpaired) electrons. The van der Waals surface area contributed by atoms with Crippen molar-refractivity contribution in [3.05, 3.63) is 0 Å². The molecule has 0 fully saturated rings. The first-order chi connectivity index (χ1) is 14.3. The normalized spacial score (nSPS) is 14.6. The van der Waals surface area contributed by atoms with E-state index >= 15 is 0 Å². The maximum atomic E-state index is 12.4. The van der Waals surface area contributed by atoms with Crippen molar-refractivity contribution in [2.24, 2.45) is 17.3 Å². The average molecular weight is 425 g/mol. The Bertz CT molecular complexity index is 361. The minimum absolute atomic E-state index is 0.120. The van der Waals surface area contributed by atoms with Gasteiger partial charge in [0.25, 0.3) is 0 Å². The number of unbranched alkanes of at least 4 members (excludes halogenated alkanes) is 8. The van der Waals surface area contributed by atoms with Crippen molar-refractivity contribution in [3.8, 4) is 0 Å². The Morgan fingerprint density at radius 3 is 1.37 bits per heavy atom. The van der Waals surface area contributed by atoms with Gasteiger partial charge in [-0.05, 0) is 49.4 Å². The first-order valence-corrected chi connectivity index (χ1v) is 14.0. The van der Waals surface area contributed by atoms with Crippen LogP contribution in [0.5, 0.6) is 0 Å². The summed E-state index contributed by atoms with van der Waals surface area (Å²) in [7, 11) is 0. The lowest BCUT2D eigenvalue weighted by molar-refractivity contribution is -0.119. The molecule has 0 heterocycles. The smallest absolute Gasteiger partial charge is 0.0703 e. The van der Waals surface area contributed by atoms with Gasteiger partial charge >= 0.3 is 0 Å². The highest BCUT2D eigenvalue weighted by atomic mass is 16.3. The third kappa shape index (κ3) is 12.1. The highest BCUT2D eigenvalue weighted by Gasteiger charge is 2.47. The summed E-state index contributed by atoms with van der Waals surface area (Å²) in [6.07, 6.45) is 22.4. The van der Waals surface area contributed by atoms with E-state index in [-0.39, 0.29) is 5.41 Å². The van der Waals surface area contributed by atoms with Crippen LogP contribution in [0.1, 0.15) is 164 Å². The molecule has 0 saturated carbocycles. The molecule has 1 heteroatoms. The monoisotopic (exact) mass is 424 g/mol. The predicted molar refractivity (Wildman–Crippen MR) is 137 cm³/mol. The minimum Gasteiger partial charge on any atom is -0.389 e. The molecule has 0 aliphatic heterocycles. The number of hydrogen-bond acceptors (Lipinski definition) is 1. The largest absolute Gasteiger partial charge is 0.389 e. The van der Waals surface area contributed by atoms with Crippen molar-refractivity contribution in [1.29, 1.82) is 0 Å². The second kappa shape index (κ2) is 17.5. The average Bonchev–Trinajstić information content (AvgIpc) is 2.70. The fraction of sp³-hybridized carbons (Fsp3) is 1.00. The molecule has 1 N–H and O–H groups in total. The predicted octanol–water partition coefficient (Wildman–Crippen LogP) is 10.1. The Balaban J connectivity index is 5.68. The van der Waals surface area contributed by atoms with Crippen molar-refractivity contribution >= 4 is 0 Å². The fourth-order valence-corrected chi connectivity index (χ4v) is 5.24. The van der Waals surface area contributed by atoms with Gasteiger partial charge in [0.15, 0.2) is 0 Å². The van der Waals surface area contributed by atoms with Gasteiger partial charge in [-0.25, -0.2) is 0 Å². The summed E-state index contributed by atoms with van der Waals surface area (Å²) in [6.45, 7) is 16.3. The zero-order valence-corrected chi connectivity index (χ0v) is 22.3. The van der Waals surface area contributed by atoms with Crippen LogP contribution >= 0.6 is 0 Å². The van der Waals surface area contributed by atoms with Crippen molar-refractivity contribution in [2.45, 2.75) is 170 Å². The van der Waals surface area contributed by atoms with E-state index in [2.05, 4.69) is 48.5 Å². The molecule has 30 heavy (non-hydrogen) atoms. The maximum Gasteiger partial charge on any atom is 0.0703 e. The van der Waals surface area contributed by atoms with Gasteiger partial charge in [-0.1, -0.05) is 132 Å². The number of rotatable bonds is 21. The number of aliphatic hydroxyl groups is 1. The van der Waals surface area contributed by atoms with Crippen LogP contribution in [0.25, 0.3) is 0 Å². The molecule has 1 unspecified atom stereocenters. The van der Waals surface area contributed by atoms with Crippen LogP contribution in [0.15, 0.2) is 0 Å². The van der Waals surface area contributed by atoms with Gasteiger partial charge < -0.3 is 5.11 Å². The van der Waals surface area contributed by atoms with Crippen molar-refractivity contribution < 1.29 is 5.11 Å². The van der Waals surface area contributed by atoms with Crippen molar-refractivity contribution in [2.75, 3.05) is 0 Å². The molecule has 0 aromatic rings. The lowest BCUT2D eigenvalue weighted by atomic mass is 9.59. The molecule has 182 valence electrons. The number of hydrogen-bond donors (Lipinski definition) is 1. The van der Waals surface area contributed by atoms with Crippen molar-refractivity contribution in [3.63, 3.8) is 0 Å². The first-order valence-electron chi connectivity index (χ1n) is 14.0. The zero-order chi connectivity index (χ0) is 22.9. The van der Waals surface area contributed by atoms with Crippen LogP contribution in [0.2, 0.25) is 0 Å². The van der Waals surface area contributed by atoms with Gasteiger partial charge in [0.05, 0.1) is 5.60 Å². The van der Waals surface area contributed by atoms with Crippen LogP contribution in [-0.2, 0) is 0 Å². The Kier molecular flexibility index (Phi) is 17.5. The van der Waals surface area contributed by atoms with Gasteiger partial charge in [-0.15, -0.1) is 0 Å². The minimum atomic E-state index is -0.467. The SMILES string of the molecule is CCCCCCCC(O)(CCCC)C(CCCCCC)(CCC(C)C)CCC(C)C. The molecule has 0 aliphatic carbocycles. The van der Waals surface area contributed by atoms with E-state index in [1.807, 2.05) is 0 Å². The van der Waals surface area contributed by atoms with Gasteiger partial charge in [-0.3, -0.25) is 0 Å². The third-order valence-corrected chi connectivity index (χ3v) is 7.53. The third-order valence-electron chi connectivity index (χ3n) is 7.53. The molecule has 1 nitrogen and oxygen atoms in total. The van der Waals surface area contributed by atoms with E-state index in [9.17, 15) is 5.11 Å². The molecule has 0 rings (SSSR count). The van der Waals surface area contributed by atoms with E-state index in [0.717, 1.165) is 24.7 Å². The molecular formula is C29H60O. The maximum absolute atomic E-state index is 12.4. The summed E-state index contributed by atoms with van der Waals surface area (Å²) in [5.41, 5.74) is -0.347. The summed E-state index contributed by atoms with van der Waals surface area (Å²) in [6, 6.07) is 0. The second-order valence-corrected chi connectivity index (χ2v) is 11.3. The van der Waals surface area contributed by atoms with Crippen LogP contribution in [0.3, 0.4) is 0 Å². The Hall–Kier alpha value is -0.0400. The van der Waals surface area contributed by atoms with Crippen LogP contribution in [-0.4, -0.2) is 10.7 Å². The second-order valence-electron chi connectivity index (χ2n) is 11.3. The summed E-state index contributed by atoms with van der Waals surface area (Å²) < 4.78 is 0. The van der Waals surface area contributed by atoms with E-state index < -0.39 is 5.60 Å². The van der Waals surface area contributed by atoms with Gasteiger partial charge in [-0.2, -0.15) is 0 Å². The Morgan fingerprint density at radius 1 is 0.500 bits per heavy atom. The summed E-state index contributed by atoms with van der Waals surface area (Å²) >= 11 is 0. The standard InChI is InChI=1S/C29H60O/c1-8-11-14-16-18-23-29(30,22-13-10-3)28(24-19-26(4)5,25-20-27(6)7)21-17-15-12-9-2/h26-27,30H,8-25H2,1-7H3. The molecule has 0 spiro atoms. The first kappa shape index (κ1) is 30.0. The topological polar surface area (TPSA) is 20.2 Å². The highest BCUT2D eigenvalue weighted by molar-refractivity contribution is 4.99. The molecule has 0 aromatic heterocycles. The van der Waals surface area contributed by atoms with Crippen LogP contribution in [0, 0.1) is 17.3 Å². The summed E-state index contributed by atoms with van der Waals surface area (Å²) in [4.78, 5) is 0. The summed E-state index contributed by atoms with van der Waals surface area (Å²) in [5.74, 6) is 1.44. The fourth-order valence-electron chi connectivity index (χ4n) is 5.24. The quantitative estimate of drug-likeness (QED) is 0.182. The molecule has 0 bridgehead atoms. The Morgan fingerprint density at radius 2 is 0.900 bits per heavy atom. The molecule has 0 aliphatic rings. The molecule has 0 amide bonds. The van der Waals surface area contributed by atoms with E-state index in [0.29, 0.717) is 0 Å². The van der Waals surface area contributed by atoms with Gasteiger partial charge in [0.2, 0.25) is 0 Å². The molecular weight excluding hydrogens is 364 g/mol. The van der Waals surface area contributed by atoms with Gasteiger partial charge in [0.1, 0.15) is 0 Å². The zero-order valence-electron chi connectivity index (χ0n) is 22.3.